The Morgan fingerprint density at radius 2 is 1.48 bits per heavy atom. The van der Waals surface area contributed by atoms with Crippen LogP contribution in [0.5, 0.6) is 11.5 Å². The molecular weight excluding hydrogens is 404 g/mol. The van der Waals surface area contributed by atoms with Crippen molar-refractivity contribution in [3.05, 3.63) is 24.3 Å². The van der Waals surface area contributed by atoms with Gasteiger partial charge in [0.05, 0.1) is 12.6 Å². The first-order chi connectivity index (χ1) is 14.7. The van der Waals surface area contributed by atoms with E-state index in [1.807, 2.05) is 6.92 Å². The fourth-order valence-corrected chi connectivity index (χ4v) is 3.46. The highest BCUT2D eigenvalue weighted by atomic mass is 16.5. The number of β-amino-alcohol motifs (C(OH)–C–C–N with tert-alkyl or cyclic N) is 1. The number of carbonyl (C=O) groups excluding carboxylic acids is 3. The first-order valence-corrected chi connectivity index (χ1v) is 10.6. The number of hydrogen-bond acceptors (Lipinski definition) is 7. The minimum atomic E-state index is -1.29. The van der Waals surface area contributed by atoms with Crippen molar-refractivity contribution in [2.75, 3.05) is 26.8 Å². The summed E-state index contributed by atoms with van der Waals surface area (Å²) in [6, 6.07) is 5.98. The molecule has 9 nitrogen and oxygen atoms in total. The van der Waals surface area contributed by atoms with Crippen molar-refractivity contribution in [3.8, 4) is 11.5 Å². The number of aliphatic hydroxyl groups excluding tert-OH is 2. The molecule has 2 N–H and O–H groups in total. The van der Waals surface area contributed by atoms with Gasteiger partial charge < -0.3 is 19.7 Å². The van der Waals surface area contributed by atoms with Crippen LogP contribution in [0.15, 0.2) is 24.3 Å². The van der Waals surface area contributed by atoms with Gasteiger partial charge in [-0.15, -0.1) is 0 Å². The molecule has 2 unspecified atom stereocenters. The molecule has 1 heterocycles. The Bertz CT molecular complexity index is 794. The number of benzene rings is 1. The number of ether oxygens (including phenoxy) is 2. The maximum Gasteiger partial charge on any atom is 0.333 e. The molecule has 0 saturated carbocycles. The molecule has 9 heteroatoms. The number of carbonyl (C=O) groups is 3. The van der Waals surface area contributed by atoms with Crippen LogP contribution in [-0.2, 0) is 9.59 Å². The van der Waals surface area contributed by atoms with Gasteiger partial charge in [-0.25, -0.2) is 4.79 Å². The number of amides is 4. The summed E-state index contributed by atoms with van der Waals surface area (Å²) in [5, 5.41) is 20.0. The lowest BCUT2D eigenvalue weighted by Gasteiger charge is -2.42. The lowest BCUT2D eigenvalue weighted by molar-refractivity contribution is -0.159. The minimum absolute atomic E-state index is 0.157. The average Bonchev–Trinajstić information content (AvgIpc) is 2.79. The van der Waals surface area contributed by atoms with Gasteiger partial charge >= 0.3 is 6.03 Å². The van der Waals surface area contributed by atoms with Gasteiger partial charge in [0.15, 0.2) is 0 Å². The fraction of sp³-hybridized carbons (Fsp3) is 0.591. The highest BCUT2D eigenvalue weighted by Crippen LogP contribution is 2.35. The van der Waals surface area contributed by atoms with Gasteiger partial charge in [-0.1, -0.05) is 26.8 Å². The van der Waals surface area contributed by atoms with Crippen LogP contribution in [0.1, 0.15) is 40.0 Å². The third-order valence-electron chi connectivity index (χ3n) is 5.65. The van der Waals surface area contributed by atoms with Crippen molar-refractivity contribution in [2.45, 2.75) is 52.2 Å². The van der Waals surface area contributed by atoms with E-state index < -0.39 is 35.5 Å². The number of urea groups is 1. The van der Waals surface area contributed by atoms with E-state index in [-0.39, 0.29) is 32.6 Å². The number of aliphatic hydroxyl groups is 2. The Morgan fingerprint density at radius 3 is 2.00 bits per heavy atom. The monoisotopic (exact) mass is 436 g/mol. The Balaban J connectivity index is 2.00. The highest BCUT2D eigenvalue weighted by molar-refractivity contribution is 6.18. The number of nitrogens with zero attached hydrogens (tertiary/aromatic N) is 2. The molecule has 0 bridgehead atoms. The molecule has 1 aliphatic heterocycles. The van der Waals surface area contributed by atoms with Crippen LogP contribution < -0.4 is 9.47 Å². The Labute approximate surface area is 182 Å². The number of rotatable bonds is 11. The summed E-state index contributed by atoms with van der Waals surface area (Å²) in [7, 11) is 1.34. The van der Waals surface area contributed by atoms with Gasteiger partial charge in [0, 0.05) is 13.1 Å². The molecule has 0 radical (unpaired) electrons. The normalized spacial score (nSPS) is 18.2. The molecule has 0 aliphatic carbocycles. The molecule has 1 aromatic rings. The van der Waals surface area contributed by atoms with E-state index >= 15 is 0 Å². The molecular formula is C22H32N2O7. The van der Waals surface area contributed by atoms with Crippen LogP contribution in [-0.4, -0.2) is 76.9 Å². The zero-order chi connectivity index (χ0) is 23.2. The molecule has 1 saturated heterocycles. The summed E-state index contributed by atoms with van der Waals surface area (Å²) in [5.74, 6) is -0.159. The fourth-order valence-electron chi connectivity index (χ4n) is 3.46. The minimum Gasteiger partial charge on any atom is -0.491 e. The highest BCUT2D eigenvalue weighted by Gasteiger charge is 2.54. The van der Waals surface area contributed by atoms with Gasteiger partial charge in [0.25, 0.3) is 0 Å². The molecule has 1 aliphatic rings. The zero-order valence-corrected chi connectivity index (χ0v) is 18.5. The first kappa shape index (κ1) is 24.6. The molecule has 0 spiro atoms. The van der Waals surface area contributed by atoms with E-state index in [4.69, 9.17) is 9.47 Å². The van der Waals surface area contributed by atoms with Crippen LogP contribution in [0, 0.1) is 5.41 Å². The van der Waals surface area contributed by atoms with E-state index in [0.29, 0.717) is 17.9 Å². The second kappa shape index (κ2) is 10.6. The van der Waals surface area contributed by atoms with Gasteiger partial charge in [-0.05, 0) is 31.4 Å². The number of hydrogen-bond donors (Lipinski definition) is 2. The van der Waals surface area contributed by atoms with Crippen molar-refractivity contribution in [3.63, 3.8) is 0 Å². The molecule has 31 heavy (non-hydrogen) atoms. The summed E-state index contributed by atoms with van der Waals surface area (Å²) >= 11 is 0. The van der Waals surface area contributed by atoms with Gasteiger partial charge in [0.2, 0.25) is 11.8 Å². The molecule has 2 atom stereocenters. The van der Waals surface area contributed by atoms with Crippen molar-refractivity contribution >= 4 is 17.8 Å². The van der Waals surface area contributed by atoms with Crippen LogP contribution in [0.3, 0.4) is 0 Å². The summed E-state index contributed by atoms with van der Waals surface area (Å²) in [5.41, 5.74) is -1.29. The molecule has 1 fully saturated rings. The molecule has 2 rings (SSSR count). The second-order valence-electron chi connectivity index (χ2n) is 7.66. The number of barbiturate groups is 1. The standard InChI is InChI=1S/C22H32N2O7/c1-5-15(25)13-30-17-9-8-10-18(11-17)31-14-16(26)12-24-20(28)22(6-2,7-3)19(27)23(4)21(24)29/h8-11,15-16,25-26H,5-7,12-14H2,1-4H3. The predicted molar refractivity (Wildman–Crippen MR) is 113 cm³/mol. The third-order valence-corrected chi connectivity index (χ3v) is 5.65. The van der Waals surface area contributed by atoms with E-state index in [0.717, 1.165) is 9.80 Å². The average molecular weight is 437 g/mol. The van der Waals surface area contributed by atoms with Crippen LogP contribution >= 0.6 is 0 Å². The molecule has 172 valence electrons. The lowest BCUT2D eigenvalue weighted by atomic mass is 9.78. The van der Waals surface area contributed by atoms with E-state index in [9.17, 15) is 24.6 Å². The zero-order valence-electron chi connectivity index (χ0n) is 18.5. The number of imide groups is 2. The largest absolute Gasteiger partial charge is 0.491 e. The Morgan fingerprint density at radius 1 is 0.935 bits per heavy atom. The van der Waals surface area contributed by atoms with Crippen molar-refractivity contribution in [1.29, 1.82) is 0 Å². The van der Waals surface area contributed by atoms with Crippen molar-refractivity contribution < 1.29 is 34.1 Å². The van der Waals surface area contributed by atoms with E-state index in [1.54, 1.807) is 38.1 Å². The van der Waals surface area contributed by atoms with Crippen LogP contribution in [0.2, 0.25) is 0 Å². The second-order valence-corrected chi connectivity index (χ2v) is 7.66. The van der Waals surface area contributed by atoms with Crippen LogP contribution in [0.25, 0.3) is 0 Å². The van der Waals surface area contributed by atoms with E-state index in [1.165, 1.54) is 7.05 Å². The van der Waals surface area contributed by atoms with E-state index in [2.05, 4.69) is 0 Å². The van der Waals surface area contributed by atoms with Crippen molar-refractivity contribution in [2.24, 2.45) is 5.41 Å². The molecule has 1 aromatic carbocycles. The quantitative estimate of drug-likeness (QED) is 0.508. The molecule has 0 aromatic heterocycles. The van der Waals surface area contributed by atoms with Gasteiger partial charge in [-0.2, -0.15) is 0 Å². The summed E-state index contributed by atoms with van der Waals surface area (Å²) in [6.07, 6.45) is -0.598. The SMILES string of the molecule is CCC(O)COc1cccc(OCC(O)CN2C(=O)N(C)C(=O)C(CC)(CC)C2=O)c1. The Hall–Kier alpha value is -2.65. The van der Waals surface area contributed by atoms with Crippen molar-refractivity contribution in [1.82, 2.24) is 9.80 Å². The summed E-state index contributed by atoms with van der Waals surface area (Å²) in [4.78, 5) is 39.9. The summed E-state index contributed by atoms with van der Waals surface area (Å²) < 4.78 is 11.1. The maximum absolute atomic E-state index is 13.0. The smallest absolute Gasteiger partial charge is 0.333 e. The summed E-state index contributed by atoms with van der Waals surface area (Å²) in [6.45, 7) is 5.03. The van der Waals surface area contributed by atoms with Crippen LogP contribution in [0.4, 0.5) is 4.79 Å². The maximum atomic E-state index is 13.0. The lowest BCUT2D eigenvalue weighted by Crippen LogP contribution is -2.65. The Kier molecular flexibility index (Phi) is 8.41. The van der Waals surface area contributed by atoms with Gasteiger partial charge in [-0.3, -0.25) is 19.4 Å². The molecule has 4 amide bonds. The van der Waals surface area contributed by atoms with Gasteiger partial charge in [0.1, 0.15) is 36.2 Å². The predicted octanol–water partition coefficient (Wildman–Crippen LogP) is 1.80. The third kappa shape index (κ3) is 5.34. The topological polar surface area (TPSA) is 117 Å². The first-order valence-electron chi connectivity index (χ1n) is 10.6.